The summed E-state index contributed by atoms with van der Waals surface area (Å²) in [7, 11) is -0.538. The second-order valence-corrected chi connectivity index (χ2v) is 6.60. The summed E-state index contributed by atoms with van der Waals surface area (Å²) in [6.07, 6.45) is 2.21. The molecule has 0 atom stereocenters. The number of benzene rings is 1. The number of ether oxygens (including phenoxy) is 1. The fourth-order valence-corrected chi connectivity index (χ4v) is 2.10. The first-order valence-corrected chi connectivity index (χ1v) is 7.10. The van der Waals surface area contributed by atoms with Gasteiger partial charge in [-0.1, -0.05) is 6.07 Å². The molecule has 2 fully saturated rings. The fraction of sp³-hybridized carbons (Fsp3) is 0.600. The molecule has 1 aliphatic heterocycles. The summed E-state index contributed by atoms with van der Waals surface area (Å²) in [4.78, 5) is 0. The van der Waals surface area contributed by atoms with Crippen LogP contribution in [0.25, 0.3) is 0 Å². The van der Waals surface area contributed by atoms with E-state index in [1.165, 1.54) is 6.07 Å². The van der Waals surface area contributed by atoms with Gasteiger partial charge in [-0.15, -0.1) is 0 Å². The topological polar surface area (TPSA) is 27.7 Å². The van der Waals surface area contributed by atoms with E-state index in [-0.39, 0.29) is 11.9 Å². The molecule has 3 nitrogen and oxygen atoms in total. The molecular weight excluding hydrogens is 258 g/mol. The maximum absolute atomic E-state index is 14.0. The van der Waals surface area contributed by atoms with Crippen molar-refractivity contribution in [3.05, 3.63) is 24.0 Å². The van der Waals surface area contributed by atoms with Crippen LogP contribution in [0.1, 0.15) is 40.5 Å². The third-order valence-corrected chi connectivity index (χ3v) is 4.30. The third-order valence-electron chi connectivity index (χ3n) is 4.30. The van der Waals surface area contributed by atoms with Crippen LogP contribution in [0.15, 0.2) is 18.2 Å². The van der Waals surface area contributed by atoms with E-state index in [1.54, 1.807) is 6.07 Å². The lowest BCUT2D eigenvalue weighted by molar-refractivity contribution is 0.00578. The van der Waals surface area contributed by atoms with E-state index in [1.807, 2.05) is 33.8 Å². The van der Waals surface area contributed by atoms with Crippen LogP contribution in [0.4, 0.5) is 4.39 Å². The van der Waals surface area contributed by atoms with E-state index < -0.39 is 18.3 Å². The summed E-state index contributed by atoms with van der Waals surface area (Å²) in [5, 5.41) is 0. The first-order valence-electron chi connectivity index (χ1n) is 7.10. The Morgan fingerprint density at radius 3 is 2.25 bits per heavy atom. The number of hydrogen-bond donors (Lipinski definition) is 0. The molecule has 0 unspecified atom stereocenters. The van der Waals surface area contributed by atoms with E-state index >= 15 is 0 Å². The zero-order chi connectivity index (χ0) is 14.5. The zero-order valence-corrected chi connectivity index (χ0v) is 12.4. The van der Waals surface area contributed by atoms with Crippen molar-refractivity contribution in [2.45, 2.75) is 57.8 Å². The molecule has 2 aliphatic rings. The molecule has 0 spiro atoms. The molecule has 1 aromatic carbocycles. The van der Waals surface area contributed by atoms with Crippen molar-refractivity contribution in [2.75, 3.05) is 0 Å². The van der Waals surface area contributed by atoms with Gasteiger partial charge in [0.25, 0.3) is 0 Å². The molecule has 1 heterocycles. The van der Waals surface area contributed by atoms with E-state index in [4.69, 9.17) is 14.0 Å². The highest BCUT2D eigenvalue weighted by Gasteiger charge is 2.51. The van der Waals surface area contributed by atoms with Crippen LogP contribution in [0, 0.1) is 5.82 Å². The summed E-state index contributed by atoms with van der Waals surface area (Å²) in [5.74, 6) is -0.0446. The van der Waals surface area contributed by atoms with Gasteiger partial charge in [-0.25, -0.2) is 4.39 Å². The molecule has 108 valence electrons. The van der Waals surface area contributed by atoms with Gasteiger partial charge in [0.1, 0.15) is 0 Å². The third kappa shape index (κ3) is 2.45. The molecule has 0 bridgehead atoms. The maximum atomic E-state index is 14.0. The lowest BCUT2D eigenvalue weighted by Crippen LogP contribution is -2.41. The Hall–Kier alpha value is -1.07. The molecule has 20 heavy (non-hydrogen) atoms. The van der Waals surface area contributed by atoms with Gasteiger partial charge >= 0.3 is 7.12 Å². The standard InChI is InChI=1S/C15H20BFO3/c1-14(2)15(3,4)20-16(19-14)10-5-8-13(12(17)9-10)18-11-6-7-11/h5,8-9,11H,6-7H2,1-4H3. The summed E-state index contributed by atoms with van der Waals surface area (Å²) in [6.45, 7) is 7.92. The predicted molar refractivity (Wildman–Crippen MR) is 75.8 cm³/mol. The summed E-state index contributed by atoms with van der Waals surface area (Å²) in [5.41, 5.74) is -0.154. The number of halogens is 1. The van der Waals surface area contributed by atoms with Crippen molar-refractivity contribution in [3.8, 4) is 5.75 Å². The predicted octanol–water partition coefficient (Wildman–Crippen LogP) is 2.67. The van der Waals surface area contributed by atoms with E-state index in [0.29, 0.717) is 11.2 Å². The Morgan fingerprint density at radius 1 is 1.15 bits per heavy atom. The Kier molecular flexibility index (Phi) is 3.10. The van der Waals surface area contributed by atoms with Crippen LogP contribution in [0.5, 0.6) is 5.75 Å². The normalized spacial score (nSPS) is 23.9. The highest BCUT2D eigenvalue weighted by molar-refractivity contribution is 6.62. The van der Waals surface area contributed by atoms with E-state index in [2.05, 4.69) is 0 Å². The van der Waals surface area contributed by atoms with Gasteiger partial charge in [0.05, 0.1) is 17.3 Å². The van der Waals surface area contributed by atoms with Gasteiger partial charge in [0, 0.05) is 0 Å². The Labute approximate surface area is 119 Å². The molecule has 5 heteroatoms. The zero-order valence-electron chi connectivity index (χ0n) is 12.4. The van der Waals surface area contributed by atoms with Crippen LogP contribution >= 0.6 is 0 Å². The van der Waals surface area contributed by atoms with Crippen LogP contribution in [-0.4, -0.2) is 24.4 Å². The lowest BCUT2D eigenvalue weighted by atomic mass is 9.79. The number of rotatable bonds is 3. The van der Waals surface area contributed by atoms with Gasteiger partial charge in [-0.3, -0.25) is 0 Å². The van der Waals surface area contributed by atoms with Crippen LogP contribution < -0.4 is 10.2 Å². The molecule has 0 amide bonds. The quantitative estimate of drug-likeness (QED) is 0.795. The highest BCUT2D eigenvalue weighted by atomic mass is 19.1. The molecule has 1 saturated heterocycles. The molecule has 0 N–H and O–H groups in total. The minimum atomic E-state index is -0.538. The Morgan fingerprint density at radius 2 is 1.75 bits per heavy atom. The molecule has 0 aromatic heterocycles. The van der Waals surface area contributed by atoms with Crippen molar-refractivity contribution < 1.29 is 18.4 Å². The van der Waals surface area contributed by atoms with E-state index in [0.717, 1.165) is 12.8 Å². The summed E-state index contributed by atoms with van der Waals surface area (Å²) >= 11 is 0. The molecule has 1 aromatic rings. The second kappa shape index (κ2) is 4.47. The first kappa shape index (κ1) is 13.9. The van der Waals surface area contributed by atoms with Crippen molar-refractivity contribution in [1.82, 2.24) is 0 Å². The summed E-state index contributed by atoms with van der Waals surface area (Å²) < 4.78 is 31.4. The monoisotopic (exact) mass is 278 g/mol. The van der Waals surface area contributed by atoms with Gasteiger partial charge in [-0.05, 0) is 58.1 Å². The van der Waals surface area contributed by atoms with Crippen molar-refractivity contribution >= 4 is 12.6 Å². The first-order chi connectivity index (χ1) is 9.28. The Bertz CT molecular complexity index is 510. The van der Waals surface area contributed by atoms with Crippen molar-refractivity contribution in [1.29, 1.82) is 0 Å². The fourth-order valence-electron chi connectivity index (χ4n) is 2.10. The van der Waals surface area contributed by atoms with Crippen LogP contribution in [-0.2, 0) is 9.31 Å². The SMILES string of the molecule is CC1(C)OB(c2ccc(OC3CC3)c(F)c2)OC1(C)C. The molecule has 1 saturated carbocycles. The van der Waals surface area contributed by atoms with E-state index in [9.17, 15) is 4.39 Å². The maximum Gasteiger partial charge on any atom is 0.494 e. The molecule has 1 aliphatic carbocycles. The average molecular weight is 278 g/mol. The lowest BCUT2D eigenvalue weighted by Gasteiger charge is -2.32. The summed E-state index contributed by atoms with van der Waals surface area (Å²) in [6, 6.07) is 4.91. The minimum Gasteiger partial charge on any atom is -0.487 e. The van der Waals surface area contributed by atoms with Crippen molar-refractivity contribution in [3.63, 3.8) is 0 Å². The number of hydrogen-bond acceptors (Lipinski definition) is 3. The van der Waals surface area contributed by atoms with Gasteiger partial charge in [-0.2, -0.15) is 0 Å². The smallest absolute Gasteiger partial charge is 0.487 e. The molecular formula is C15H20BFO3. The minimum absolute atomic E-state index is 0.187. The van der Waals surface area contributed by atoms with Crippen LogP contribution in [0.2, 0.25) is 0 Å². The van der Waals surface area contributed by atoms with Gasteiger partial charge < -0.3 is 14.0 Å². The molecule has 3 rings (SSSR count). The van der Waals surface area contributed by atoms with Gasteiger partial charge in [0.15, 0.2) is 11.6 Å². The van der Waals surface area contributed by atoms with Gasteiger partial charge in [0.2, 0.25) is 0 Å². The molecule has 0 radical (unpaired) electrons. The average Bonchev–Trinajstić information content (AvgIpc) is 3.10. The van der Waals surface area contributed by atoms with Crippen molar-refractivity contribution in [2.24, 2.45) is 0 Å². The second-order valence-electron chi connectivity index (χ2n) is 6.60. The van der Waals surface area contributed by atoms with Crippen LogP contribution in [0.3, 0.4) is 0 Å². The Balaban J connectivity index is 1.79. The largest absolute Gasteiger partial charge is 0.494 e. The highest BCUT2D eigenvalue weighted by Crippen LogP contribution is 2.36.